The van der Waals surface area contributed by atoms with Crippen LogP contribution in [-0.4, -0.2) is 57.6 Å². The number of pyridine rings is 1. The van der Waals surface area contributed by atoms with Gasteiger partial charge in [-0.25, -0.2) is 4.98 Å². The quantitative estimate of drug-likeness (QED) is 0.227. The predicted octanol–water partition coefficient (Wildman–Crippen LogP) is 6.80. The number of nitrogens with zero attached hydrogens (tertiary/aromatic N) is 6. The molecule has 41 heavy (non-hydrogen) atoms. The van der Waals surface area contributed by atoms with E-state index in [-0.39, 0.29) is 0 Å². The summed E-state index contributed by atoms with van der Waals surface area (Å²) in [5.74, 6) is 0. The summed E-state index contributed by atoms with van der Waals surface area (Å²) in [6.45, 7) is 5.43. The number of rotatable bonds is 7. The number of nitrogens with one attached hydrogen (secondary N) is 1. The number of imidazole rings is 1. The molecule has 0 aliphatic carbocycles. The van der Waals surface area contributed by atoms with Gasteiger partial charge < -0.3 is 14.8 Å². The number of fused-ring (bicyclic) bond motifs is 1. The number of benzene rings is 3. The molecule has 2 aromatic heterocycles. The third-order valence-corrected chi connectivity index (χ3v) is 9.04. The zero-order valence-electron chi connectivity index (χ0n) is 23.0. The molecule has 0 amide bonds. The number of aromatic nitrogens is 3. The van der Waals surface area contributed by atoms with Gasteiger partial charge in [-0.05, 0) is 48.0 Å². The number of nitriles is 1. The largest absolute Gasteiger partial charge is 0.354 e. The summed E-state index contributed by atoms with van der Waals surface area (Å²) in [5, 5.41) is 15.6. The van der Waals surface area contributed by atoms with Gasteiger partial charge in [0.25, 0.3) is 0 Å². The van der Waals surface area contributed by atoms with Crippen LogP contribution in [0.15, 0.2) is 89.3 Å². The maximum Gasteiger partial charge on any atom is 0.172 e. The van der Waals surface area contributed by atoms with E-state index in [1.165, 1.54) is 17.3 Å². The van der Waals surface area contributed by atoms with E-state index >= 15 is 0 Å². The van der Waals surface area contributed by atoms with Gasteiger partial charge in [-0.2, -0.15) is 5.26 Å². The Morgan fingerprint density at radius 1 is 0.951 bits per heavy atom. The van der Waals surface area contributed by atoms with Crippen molar-refractivity contribution in [2.24, 2.45) is 7.05 Å². The molecular weight excluding hydrogens is 550 g/mol. The van der Waals surface area contributed by atoms with Crippen molar-refractivity contribution < 1.29 is 0 Å². The van der Waals surface area contributed by atoms with E-state index in [0.29, 0.717) is 16.3 Å². The highest BCUT2D eigenvalue weighted by molar-refractivity contribution is 7.99. The minimum Gasteiger partial charge on any atom is -0.354 e. The first-order valence-electron chi connectivity index (χ1n) is 13.5. The molecule has 1 fully saturated rings. The van der Waals surface area contributed by atoms with E-state index in [4.69, 9.17) is 11.6 Å². The van der Waals surface area contributed by atoms with E-state index in [9.17, 15) is 5.26 Å². The number of halogens is 1. The van der Waals surface area contributed by atoms with E-state index in [1.54, 1.807) is 12.4 Å². The van der Waals surface area contributed by atoms with Gasteiger partial charge in [0.1, 0.15) is 6.07 Å². The van der Waals surface area contributed by atoms with Crippen LogP contribution in [-0.2, 0) is 13.6 Å². The van der Waals surface area contributed by atoms with Gasteiger partial charge >= 0.3 is 0 Å². The van der Waals surface area contributed by atoms with E-state index in [2.05, 4.69) is 74.6 Å². The SMILES string of the molecule is CN1CCN(Cc2ccc(-c3ccc4c(Nc5ccc(Sc6nccn6C)c(Cl)c5)c(C#N)cnc4c3)cc2)CC1. The zero-order chi connectivity index (χ0) is 28.3. The maximum atomic E-state index is 9.84. The number of likely N-dealkylation sites (N-methyl/N-ethyl adjacent to an activating group) is 1. The minimum atomic E-state index is 0.473. The fraction of sp³-hybridized carbons (Fsp3) is 0.219. The first kappa shape index (κ1) is 27.3. The van der Waals surface area contributed by atoms with Gasteiger partial charge in [-0.1, -0.05) is 59.8 Å². The highest BCUT2D eigenvalue weighted by Crippen LogP contribution is 2.36. The van der Waals surface area contributed by atoms with Crippen LogP contribution in [0.4, 0.5) is 11.4 Å². The van der Waals surface area contributed by atoms with Gasteiger partial charge in [0.05, 0.1) is 21.8 Å². The van der Waals surface area contributed by atoms with Gasteiger partial charge in [0, 0.05) is 74.3 Å². The second kappa shape index (κ2) is 11.9. The van der Waals surface area contributed by atoms with Crippen LogP contribution in [0.5, 0.6) is 0 Å². The van der Waals surface area contributed by atoms with Crippen LogP contribution in [0.25, 0.3) is 22.0 Å². The zero-order valence-corrected chi connectivity index (χ0v) is 24.6. The number of anilines is 2. The molecule has 0 saturated carbocycles. The Morgan fingerprint density at radius 3 is 2.44 bits per heavy atom. The number of hydrogen-bond donors (Lipinski definition) is 1. The highest BCUT2D eigenvalue weighted by Gasteiger charge is 2.15. The van der Waals surface area contributed by atoms with Gasteiger partial charge in [0.2, 0.25) is 0 Å². The molecule has 1 N–H and O–H groups in total. The number of aryl methyl sites for hydroxylation is 1. The lowest BCUT2D eigenvalue weighted by Gasteiger charge is -2.32. The van der Waals surface area contributed by atoms with Crippen LogP contribution in [0.1, 0.15) is 11.1 Å². The van der Waals surface area contributed by atoms with Crippen molar-refractivity contribution in [2.45, 2.75) is 16.6 Å². The Labute approximate surface area is 249 Å². The lowest BCUT2D eigenvalue weighted by atomic mass is 10.0. The molecule has 1 aliphatic rings. The molecule has 1 saturated heterocycles. The summed E-state index contributed by atoms with van der Waals surface area (Å²) in [6, 6.07) is 23.1. The Hall–Kier alpha value is -3.87. The molecule has 3 aromatic carbocycles. The van der Waals surface area contributed by atoms with E-state index < -0.39 is 0 Å². The molecule has 0 spiro atoms. The lowest BCUT2D eigenvalue weighted by Crippen LogP contribution is -2.43. The highest BCUT2D eigenvalue weighted by atomic mass is 35.5. The lowest BCUT2D eigenvalue weighted by molar-refractivity contribution is 0.148. The Bertz CT molecular complexity index is 1730. The van der Waals surface area contributed by atoms with Gasteiger partial charge in [-0.15, -0.1) is 0 Å². The molecule has 1 aliphatic heterocycles. The van der Waals surface area contributed by atoms with Crippen molar-refractivity contribution in [2.75, 3.05) is 38.5 Å². The van der Waals surface area contributed by atoms with Crippen molar-refractivity contribution in [3.63, 3.8) is 0 Å². The third-order valence-electron chi connectivity index (χ3n) is 7.46. The molecule has 0 bridgehead atoms. The summed E-state index contributed by atoms with van der Waals surface area (Å²) < 4.78 is 1.95. The summed E-state index contributed by atoms with van der Waals surface area (Å²) in [6.07, 6.45) is 5.29. The molecule has 206 valence electrons. The molecule has 0 radical (unpaired) electrons. The van der Waals surface area contributed by atoms with E-state index in [1.807, 2.05) is 42.1 Å². The summed E-state index contributed by atoms with van der Waals surface area (Å²) >= 11 is 8.14. The molecule has 5 aromatic rings. The van der Waals surface area contributed by atoms with Crippen LogP contribution in [0, 0.1) is 11.3 Å². The fourth-order valence-electron chi connectivity index (χ4n) is 5.01. The van der Waals surface area contributed by atoms with Gasteiger partial charge in [-0.3, -0.25) is 9.88 Å². The summed E-state index contributed by atoms with van der Waals surface area (Å²) in [5.41, 5.74) is 6.35. The average molecular weight is 580 g/mol. The van der Waals surface area contributed by atoms with Crippen molar-refractivity contribution in [3.05, 3.63) is 95.4 Å². The molecule has 6 rings (SSSR count). The summed E-state index contributed by atoms with van der Waals surface area (Å²) in [7, 11) is 4.13. The van der Waals surface area contributed by atoms with Crippen molar-refractivity contribution in [1.82, 2.24) is 24.3 Å². The molecule has 3 heterocycles. The molecule has 0 atom stereocenters. The molecule has 7 nitrogen and oxygen atoms in total. The topological polar surface area (TPSA) is 73.0 Å². The molecule has 9 heteroatoms. The fourth-order valence-corrected chi connectivity index (χ4v) is 6.12. The monoisotopic (exact) mass is 579 g/mol. The van der Waals surface area contributed by atoms with Gasteiger partial charge in [0.15, 0.2) is 5.16 Å². The first-order chi connectivity index (χ1) is 20.0. The number of hydrogen-bond acceptors (Lipinski definition) is 7. The van der Waals surface area contributed by atoms with Crippen molar-refractivity contribution in [3.8, 4) is 17.2 Å². The number of piperazine rings is 1. The van der Waals surface area contributed by atoms with Crippen LogP contribution in [0.2, 0.25) is 5.02 Å². The standard InChI is InChI=1S/C32H30ClN7S/c1-38-13-15-40(16-14-38)21-22-3-5-23(6-4-22)24-7-9-27-29(17-24)36-20-25(19-34)31(27)37-26-8-10-30(28(33)18-26)41-32-35-11-12-39(32)2/h3-12,17-18,20H,13-16,21H2,1-2H3,(H,36,37). The maximum absolute atomic E-state index is 9.84. The van der Waals surface area contributed by atoms with Crippen molar-refractivity contribution in [1.29, 1.82) is 5.26 Å². The first-order valence-corrected chi connectivity index (χ1v) is 14.7. The van der Waals surface area contributed by atoms with Crippen LogP contribution < -0.4 is 5.32 Å². The summed E-state index contributed by atoms with van der Waals surface area (Å²) in [4.78, 5) is 14.8. The Balaban J connectivity index is 1.22. The Morgan fingerprint density at radius 2 is 1.73 bits per heavy atom. The molecular formula is C32H30ClN7S. The smallest absolute Gasteiger partial charge is 0.172 e. The average Bonchev–Trinajstić information content (AvgIpc) is 3.40. The second-order valence-electron chi connectivity index (χ2n) is 10.4. The normalized spacial score (nSPS) is 14.3. The predicted molar refractivity (Wildman–Crippen MR) is 167 cm³/mol. The van der Waals surface area contributed by atoms with Crippen LogP contribution >= 0.6 is 23.4 Å². The third kappa shape index (κ3) is 6.09. The Kier molecular flexibility index (Phi) is 7.95. The van der Waals surface area contributed by atoms with Crippen LogP contribution in [0.3, 0.4) is 0 Å². The second-order valence-corrected chi connectivity index (χ2v) is 11.8. The molecule has 0 unspecified atom stereocenters. The van der Waals surface area contributed by atoms with Crippen molar-refractivity contribution >= 4 is 45.6 Å². The van der Waals surface area contributed by atoms with E-state index in [0.717, 1.165) is 70.5 Å². The minimum absolute atomic E-state index is 0.473.